The molecule has 1 aromatic carbocycles. The van der Waals surface area contributed by atoms with Gasteiger partial charge in [-0.05, 0) is 69.8 Å². The monoisotopic (exact) mass is 328 g/mol. The van der Waals surface area contributed by atoms with E-state index in [1.54, 1.807) is 0 Å². The number of nitriles is 1. The number of likely N-dealkylation sites (tertiary alicyclic amines) is 1. The fourth-order valence-electron chi connectivity index (χ4n) is 3.77. The Hall–Kier alpha value is -1.57. The molecule has 24 heavy (non-hydrogen) atoms. The zero-order valence-corrected chi connectivity index (χ0v) is 14.7. The van der Waals surface area contributed by atoms with Crippen molar-refractivity contribution in [2.75, 3.05) is 32.9 Å². The highest BCUT2D eigenvalue weighted by Gasteiger charge is 2.34. The van der Waals surface area contributed by atoms with Crippen molar-refractivity contribution in [3.05, 3.63) is 29.8 Å². The van der Waals surface area contributed by atoms with Gasteiger partial charge in [0.1, 0.15) is 5.75 Å². The summed E-state index contributed by atoms with van der Waals surface area (Å²) in [6, 6.07) is 11.2. The lowest BCUT2D eigenvalue weighted by molar-refractivity contribution is 0.0675. The lowest BCUT2D eigenvalue weighted by atomic mass is 9.75. The number of hydrogen-bond donors (Lipinski definition) is 0. The van der Waals surface area contributed by atoms with E-state index >= 15 is 0 Å². The molecule has 2 saturated heterocycles. The van der Waals surface area contributed by atoms with Crippen molar-refractivity contribution in [3.8, 4) is 11.8 Å². The van der Waals surface area contributed by atoms with E-state index in [0.717, 1.165) is 37.2 Å². The second-order valence-corrected chi connectivity index (χ2v) is 7.06. The first-order valence-electron chi connectivity index (χ1n) is 9.20. The van der Waals surface area contributed by atoms with Gasteiger partial charge in [0.05, 0.1) is 18.1 Å². The van der Waals surface area contributed by atoms with Crippen LogP contribution in [0.15, 0.2) is 24.3 Å². The number of benzene rings is 1. The van der Waals surface area contributed by atoms with Crippen LogP contribution in [-0.4, -0.2) is 43.9 Å². The average Bonchev–Trinajstić information content (AvgIpc) is 3.17. The molecule has 0 bridgehead atoms. The molecular formula is C20H28N2O2. The van der Waals surface area contributed by atoms with Crippen LogP contribution in [0.1, 0.15) is 44.6 Å². The van der Waals surface area contributed by atoms with Gasteiger partial charge in [0.25, 0.3) is 0 Å². The Kier molecular flexibility index (Phi) is 5.76. The molecule has 1 atom stereocenters. The fraction of sp³-hybridized carbons (Fsp3) is 0.650. The normalized spacial score (nSPS) is 22.0. The van der Waals surface area contributed by atoms with Crippen LogP contribution in [0.5, 0.6) is 5.75 Å². The summed E-state index contributed by atoms with van der Waals surface area (Å²) in [5, 5.41) is 9.63. The Labute approximate surface area is 145 Å². The van der Waals surface area contributed by atoms with E-state index in [1.165, 1.54) is 25.9 Å². The molecule has 130 valence electrons. The number of ether oxygens (including phenoxy) is 2. The van der Waals surface area contributed by atoms with Crippen molar-refractivity contribution in [3.63, 3.8) is 0 Å². The molecule has 3 rings (SSSR count). The summed E-state index contributed by atoms with van der Waals surface area (Å²) in [5.41, 5.74) is 0.701. The van der Waals surface area contributed by atoms with Gasteiger partial charge < -0.3 is 14.4 Å². The van der Waals surface area contributed by atoms with Crippen LogP contribution >= 0.6 is 0 Å². The van der Waals surface area contributed by atoms with Crippen LogP contribution in [0.4, 0.5) is 0 Å². The maximum absolute atomic E-state index is 9.63. The van der Waals surface area contributed by atoms with E-state index in [4.69, 9.17) is 9.47 Å². The molecule has 0 radical (unpaired) electrons. The number of nitrogens with zero attached hydrogens (tertiary/aromatic N) is 2. The standard InChI is InChI=1S/C20H28N2O2/c1-17(22-11-2-3-12-22)8-13-24-19-6-4-18(5-7-19)20(16-21)9-14-23-15-10-20/h4-7,17H,2-3,8-15H2,1H3. The summed E-state index contributed by atoms with van der Waals surface area (Å²) < 4.78 is 11.3. The van der Waals surface area contributed by atoms with E-state index in [9.17, 15) is 5.26 Å². The minimum Gasteiger partial charge on any atom is -0.494 e. The Morgan fingerprint density at radius 3 is 2.50 bits per heavy atom. The maximum Gasteiger partial charge on any atom is 0.119 e. The first-order valence-corrected chi connectivity index (χ1v) is 9.20. The van der Waals surface area contributed by atoms with Crippen LogP contribution in [0.2, 0.25) is 0 Å². The van der Waals surface area contributed by atoms with Gasteiger partial charge in [-0.3, -0.25) is 0 Å². The zero-order valence-electron chi connectivity index (χ0n) is 14.7. The van der Waals surface area contributed by atoms with Crippen LogP contribution < -0.4 is 4.74 Å². The van der Waals surface area contributed by atoms with E-state index in [0.29, 0.717) is 19.3 Å². The van der Waals surface area contributed by atoms with E-state index in [1.807, 2.05) is 24.3 Å². The molecule has 0 aromatic heterocycles. The van der Waals surface area contributed by atoms with E-state index in [2.05, 4.69) is 17.9 Å². The van der Waals surface area contributed by atoms with Gasteiger partial charge in [-0.1, -0.05) is 12.1 Å². The van der Waals surface area contributed by atoms with Crippen LogP contribution in [0, 0.1) is 11.3 Å². The predicted molar refractivity (Wildman–Crippen MR) is 94.2 cm³/mol. The third kappa shape index (κ3) is 3.91. The van der Waals surface area contributed by atoms with Crippen molar-refractivity contribution in [2.45, 2.75) is 50.5 Å². The topological polar surface area (TPSA) is 45.5 Å². The van der Waals surface area contributed by atoms with Crippen molar-refractivity contribution in [1.29, 1.82) is 5.26 Å². The summed E-state index contributed by atoms with van der Waals surface area (Å²) in [6.07, 6.45) is 5.27. The quantitative estimate of drug-likeness (QED) is 0.801. The molecule has 4 nitrogen and oxygen atoms in total. The Morgan fingerprint density at radius 1 is 1.21 bits per heavy atom. The molecule has 4 heteroatoms. The molecule has 1 unspecified atom stereocenters. The minimum atomic E-state index is -0.388. The number of hydrogen-bond acceptors (Lipinski definition) is 4. The largest absolute Gasteiger partial charge is 0.494 e. The molecule has 0 amide bonds. The van der Waals surface area contributed by atoms with Crippen molar-refractivity contribution < 1.29 is 9.47 Å². The summed E-state index contributed by atoms with van der Waals surface area (Å²) >= 11 is 0. The molecule has 0 N–H and O–H groups in total. The van der Waals surface area contributed by atoms with Crippen LogP contribution in [-0.2, 0) is 10.2 Å². The smallest absolute Gasteiger partial charge is 0.119 e. The maximum atomic E-state index is 9.63. The van der Waals surface area contributed by atoms with Gasteiger partial charge in [-0.15, -0.1) is 0 Å². The first-order chi connectivity index (χ1) is 11.7. The molecule has 0 saturated carbocycles. The third-order valence-electron chi connectivity index (χ3n) is 5.54. The van der Waals surface area contributed by atoms with E-state index < -0.39 is 0 Å². The second kappa shape index (κ2) is 8.00. The Bertz CT molecular complexity index is 552. The van der Waals surface area contributed by atoms with Crippen molar-refractivity contribution in [1.82, 2.24) is 4.90 Å². The summed E-state index contributed by atoms with van der Waals surface area (Å²) in [7, 11) is 0. The van der Waals surface area contributed by atoms with Crippen molar-refractivity contribution in [2.24, 2.45) is 0 Å². The summed E-state index contributed by atoms with van der Waals surface area (Å²) in [4.78, 5) is 2.55. The van der Waals surface area contributed by atoms with Gasteiger partial charge in [0, 0.05) is 19.3 Å². The van der Waals surface area contributed by atoms with Gasteiger partial charge >= 0.3 is 0 Å². The Morgan fingerprint density at radius 2 is 1.88 bits per heavy atom. The second-order valence-electron chi connectivity index (χ2n) is 7.06. The zero-order chi connectivity index (χ0) is 16.8. The van der Waals surface area contributed by atoms with Gasteiger partial charge in [0.2, 0.25) is 0 Å². The van der Waals surface area contributed by atoms with Gasteiger partial charge in [-0.25, -0.2) is 0 Å². The van der Waals surface area contributed by atoms with Gasteiger partial charge in [0.15, 0.2) is 0 Å². The lowest BCUT2D eigenvalue weighted by Gasteiger charge is -2.31. The molecule has 2 fully saturated rings. The van der Waals surface area contributed by atoms with Crippen molar-refractivity contribution >= 4 is 0 Å². The third-order valence-corrected chi connectivity index (χ3v) is 5.54. The first kappa shape index (κ1) is 17.3. The molecule has 2 heterocycles. The highest BCUT2D eigenvalue weighted by Crippen LogP contribution is 2.34. The Balaban J connectivity index is 1.52. The van der Waals surface area contributed by atoms with Gasteiger partial charge in [-0.2, -0.15) is 5.26 Å². The molecule has 0 spiro atoms. The SMILES string of the molecule is CC(CCOc1ccc(C2(C#N)CCOCC2)cc1)N1CCCC1. The van der Waals surface area contributed by atoms with Crippen LogP contribution in [0.3, 0.4) is 0 Å². The summed E-state index contributed by atoms with van der Waals surface area (Å²) in [6.45, 7) is 6.83. The van der Waals surface area contributed by atoms with E-state index in [-0.39, 0.29) is 5.41 Å². The molecule has 2 aliphatic rings. The predicted octanol–water partition coefficient (Wildman–Crippen LogP) is 3.51. The molecule has 0 aliphatic carbocycles. The number of rotatable bonds is 6. The molecule has 1 aromatic rings. The van der Waals surface area contributed by atoms with Crippen LogP contribution in [0.25, 0.3) is 0 Å². The fourth-order valence-corrected chi connectivity index (χ4v) is 3.77. The minimum absolute atomic E-state index is 0.388. The average molecular weight is 328 g/mol. The summed E-state index contributed by atoms with van der Waals surface area (Å²) in [5.74, 6) is 0.896. The highest BCUT2D eigenvalue weighted by molar-refractivity contribution is 5.37. The lowest BCUT2D eigenvalue weighted by Crippen LogP contribution is -2.32. The molecule has 2 aliphatic heterocycles. The molecular weight excluding hydrogens is 300 g/mol. The highest BCUT2D eigenvalue weighted by atomic mass is 16.5.